The molecule has 0 radical (unpaired) electrons. The minimum atomic E-state index is 0.234. The second-order valence-corrected chi connectivity index (χ2v) is 4.35. The van der Waals surface area contributed by atoms with Crippen LogP contribution >= 0.6 is 0 Å². The maximum Gasteiger partial charge on any atom is 0.181 e. The van der Waals surface area contributed by atoms with Gasteiger partial charge < -0.3 is 5.11 Å². The Morgan fingerprint density at radius 3 is 2.94 bits per heavy atom. The minimum absolute atomic E-state index is 0.234. The highest BCUT2D eigenvalue weighted by Gasteiger charge is 2.21. The summed E-state index contributed by atoms with van der Waals surface area (Å²) in [4.78, 5) is 8.51. The van der Waals surface area contributed by atoms with Gasteiger partial charge in [-0.15, -0.1) is 0 Å². The molecule has 1 atom stereocenters. The Labute approximate surface area is 99.1 Å². The van der Waals surface area contributed by atoms with Crippen molar-refractivity contribution >= 4 is 0 Å². The third-order valence-corrected chi connectivity index (χ3v) is 3.17. The van der Waals surface area contributed by atoms with Crippen molar-refractivity contribution in [3.8, 4) is 11.4 Å². The summed E-state index contributed by atoms with van der Waals surface area (Å²) in [5, 5.41) is 13.7. The molecule has 17 heavy (non-hydrogen) atoms. The van der Waals surface area contributed by atoms with Crippen molar-refractivity contribution in [2.24, 2.45) is 5.92 Å². The van der Waals surface area contributed by atoms with E-state index in [1.807, 2.05) is 16.8 Å². The highest BCUT2D eigenvalue weighted by Crippen LogP contribution is 2.21. The van der Waals surface area contributed by atoms with Crippen LogP contribution in [0.2, 0.25) is 0 Å². The van der Waals surface area contributed by atoms with Crippen molar-refractivity contribution in [2.75, 3.05) is 6.61 Å². The summed E-state index contributed by atoms with van der Waals surface area (Å²) < 4.78 is 1.95. The lowest BCUT2D eigenvalue weighted by Crippen LogP contribution is -2.22. The molecule has 3 heterocycles. The Morgan fingerprint density at radius 2 is 2.18 bits per heavy atom. The number of aliphatic hydroxyl groups excluding tert-OH is 1. The van der Waals surface area contributed by atoms with Gasteiger partial charge in [0.25, 0.3) is 0 Å². The molecule has 5 heteroatoms. The maximum absolute atomic E-state index is 9.17. The van der Waals surface area contributed by atoms with Crippen LogP contribution < -0.4 is 0 Å². The van der Waals surface area contributed by atoms with E-state index in [0.29, 0.717) is 5.92 Å². The van der Waals surface area contributed by atoms with Gasteiger partial charge in [0, 0.05) is 37.5 Å². The third kappa shape index (κ3) is 1.93. The van der Waals surface area contributed by atoms with Gasteiger partial charge in [0.05, 0.1) is 0 Å². The number of aryl methyl sites for hydroxylation is 1. The van der Waals surface area contributed by atoms with Gasteiger partial charge in [0.1, 0.15) is 5.82 Å². The van der Waals surface area contributed by atoms with Gasteiger partial charge in [-0.3, -0.25) is 4.98 Å². The van der Waals surface area contributed by atoms with Crippen LogP contribution in [-0.4, -0.2) is 31.5 Å². The molecule has 0 fully saturated rings. The average Bonchev–Trinajstić information content (AvgIpc) is 2.82. The zero-order valence-electron chi connectivity index (χ0n) is 9.45. The number of fused-ring (bicyclic) bond motifs is 1. The first-order valence-corrected chi connectivity index (χ1v) is 5.82. The van der Waals surface area contributed by atoms with Gasteiger partial charge in [-0.1, -0.05) is 0 Å². The molecule has 0 saturated heterocycles. The summed E-state index contributed by atoms with van der Waals surface area (Å²) in [7, 11) is 0. The molecule has 0 spiro atoms. The Bertz CT molecular complexity index is 508. The number of hydrogen-bond acceptors (Lipinski definition) is 4. The number of hydrogen-bond donors (Lipinski definition) is 1. The van der Waals surface area contributed by atoms with Crippen LogP contribution in [0.3, 0.4) is 0 Å². The lowest BCUT2D eigenvalue weighted by atomic mass is 9.99. The Balaban J connectivity index is 1.93. The largest absolute Gasteiger partial charge is 0.396 e. The summed E-state index contributed by atoms with van der Waals surface area (Å²) in [6, 6.07) is 3.82. The summed E-state index contributed by atoms with van der Waals surface area (Å²) >= 11 is 0. The first-order valence-electron chi connectivity index (χ1n) is 5.82. The van der Waals surface area contributed by atoms with Crippen molar-refractivity contribution in [3.63, 3.8) is 0 Å². The lowest BCUT2D eigenvalue weighted by molar-refractivity contribution is 0.196. The van der Waals surface area contributed by atoms with Crippen LogP contribution in [0.25, 0.3) is 11.4 Å². The number of rotatable bonds is 2. The molecule has 2 aromatic heterocycles. The van der Waals surface area contributed by atoms with Crippen LogP contribution in [0.5, 0.6) is 0 Å². The molecular formula is C12H14N4O. The second kappa shape index (κ2) is 4.25. The van der Waals surface area contributed by atoms with Gasteiger partial charge in [-0.2, -0.15) is 5.10 Å². The molecule has 0 saturated carbocycles. The predicted molar refractivity (Wildman–Crippen MR) is 62.1 cm³/mol. The smallest absolute Gasteiger partial charge is 0.181 e. The standard InChI is InChI=1S/C12H14N4O/c17-8-9-3-6-16-11(7-9)14-12(15-16)10-1-4-13-5-2-10/h1-2,4-5,9,17H,3,6-8H2. The van der Waals surface area contributed by atoms with E-state index in [2.05, 4.69) is 15.1 Å². The van der Waals surface area contributed by atoms with E-state index in [9.17, 15) is 5.11 Å². The highest BCUT2D eigenvalue weighted by atomic mass is 16.3. The summed E-state index contributed by atoms with van der Waals surface area (Å²) in [5.74, 6) is 2.06. The molecule has 0 aliphatic carbocycles. The lowest BCUT2D eigenvalue weighted by Gasteiger charge is -2.19. The average molecular weight is 230 g/mol. The molecule has 1 unspecified atom stereocenters. The fraction of sp³-hybridized carbons (Fsp3) is 0.417. The van der Waals surface area contributed by atoms with Gasteiger partial charge in [-0.05, 0) is 24.5 Å². The monoisotopic (exact) mass is 230 g/mol. The molecule has 1 aliphatic rings. The molecule has 3 rings (SSSR count). The van der Waals surface area contributed by atoms with Crippen molar-refractivity contribution in [2.45, 2.75) is 19.4 Å². The molecule has 0 bridgehead atoms. The van der Waals surface area contributed by atoms with E-state index in [1.54, 1.807) is 12.4 Å². The molecule has 1 aliphatic heterocycles. The van der Waals surface area contributed by atoms with E-state index in [1.165, 1.54) is 0 Å². The molecular weight excluding hydrogens is 216 g/mol. The normalized spacial score (nSPS) is 19.0. The second-order valence-electron chi connectivity index (χ2n) is 4.35. The fourth-order valence-electron chi connectivity index (χ4n) is 2.15. The Morgan fingerprint density at radius 1 is 1.35 bits per heavy atom. The number of nitrogens with zero attached hydrogens (tertiary/aromatic N) is 4. The van der Waals surface area contributed by atoms with E-state index in [4.69, 9.17) is 0 Å². The van der Waals surface area contributed by atoms with Crippen molar-refractivity contribution < 1.29 is 5.11 Å². The topological polar surface area (TPSA) is 63.8 Å². The predicted octanol–water partition coefficient (Wildman–Crippen LogP) is 0.895. The number of aliphatic hydroxyl groups is 1. The summed E-state index contributed by atoms with van der Waals surface area (Å²) in [6.45, 7) is 1.08. The third-order valence-electron chi connectivity index (χ3n) is 3.17. The zero-order valence-corrected chi connectivity index (χ0v) is 9.45. The van der Waals surface area contributed by atoms with Gasteiger partial charge in [0.2, 0.25) is 0 Å². The molecule has 1 N–H and O–H groups in total. The number of aromatic nitrogens is 4. The maximum atomic E-state index is 9.17. The van der Waals surface area contributed by atoms with Crippen LogP contribution in [0.1, 0.15) is 12.2 Å². The van der Waals surface area contributed by atoms with Crippen LogP contribution in [-0.2, 0) is 13.0 Å². The quantitative estimate of drug-likeness (QED) is 0.832. The van der Waals surface area contributed by atoms with Crippen LogP contribution in [0.4, 0.5) is 0 Å². The summed E-state index contributed by atoms with van der Waals surface area (Å²) in [5.41, 5.74) is 0.988. The van der Waals surface area contributed by atoms with Crippen LogP contribution in [0.15, 0.2) is 24.5 Å². The van der Waals surface area contributed by atoms with Crippen molar-refractivity contribution in [3.05, 3.63) is 30.4 Å². The van der Waals surface area contributed by atoms with Gasteiger partial charge >= 0.3 is 0 Å². The van der Waals surface area contributed by atoms with E-state index in [0.717, 1.165) is 36.6 Å². The molecule has 2 aromatic rings. The number of pyridine rings is 1. The fourth-order valence-corrected chi connectivity index (χ4v) is 2.15. The molecule has 0 aromatic carbocycles. The Hall–Kier alpha value is -1.75. The van der Waals surface area contributed by atoms with E-state index < -0.39 is 0 Å². The van der Waals surface area contributed by atoms with Crippen LogP contribution in [0, 0.1) is 5.92 Å². The molecule has 0 amide bonds. The molecule has 88 valence electrons. The van der Waals surface area contributed by atoms with E-state index >= 15 is 0 Å². The molecule has 5 nitrogen and oxygen atoms in total. The Kier molecular flexibility index (Phi) is 2.60. The van der Waals surface area contributed by atoms with Gasteiger partial charge in [0.15, 0.2) is 5.82 Å². The van der Waals surface area contributed by atoms with E-state index in [-0.39, 0.29) is 6.61 Å². The first-order chi connectivity index (χ1) is 8.36. The first kappa shape index (κ1) is 10.4. The highest BCUT2D eigenvalue weighted by molar-refractivity contribution is 5.53. The minimum Gasteiger partial charge on any atom is -0.396 e. The van der Waals surface area contributed by atoms with Crippen molar-refractivity contribution in [1.29, 1.82) is 0 Å². The summed E-state index contributed by atoms with van der Waals surface area (Å²) in [6.07, 6.45) is 5.27. The van der Waals surface area contributed by atoms with Gasteiger partial charge in [-0.25, -0.2) is 9.67 Å². The SMILES string of the molecule is OCC1CCn2nc(-c3ccncc3)nc2C1. The zero-order chi connectivity index (χ0) is 11.7. The van der Waals surface area contributed by atoms with Crippen molar-refractivity contribution in [1.82, 2.24) is 19.7 Å².